The monoisotopic (exact) mass is 525 g/mol. The zero-order valence-corrected chi connectivity index (χ0v) is 20.6. The number of piperidine rings is 1. The number of nitrogens with zero attached hydrogens (tertiary/aromatic N) is 3. The van der Waals surface area contributed by atoms with Crippen LogP contribution in [0.1, 0.15) is 29.8 Å². The van der Waals surface area contributed by atoms with Crippen LogP contribution in [0.2, 0.25) is 15.1 Å². The van der Waals surface area contributed by atoms with Gasteiger partial charge in [0.1, 0.15) is 0 Å². The fourth-order valence-electron chi connectivity index (χ4n) is 4.05. The number of hydrogen-bond acceptors (Lipinski definition) is 3. The second-order valence-electron chi connectivity index (χ2n) is 8.14. The highest BCUT2D eigenvalue weighted by Crippen LogP contribution is 2.37. The van der Waals surface area contributed by atoms with Gasteiger partial charge in [-0.15, -0.1) is 0 Å². The Bertz CT molecular complexity index is 1020. The molecule has 2 N–H and O–H groups in total. The van der Waals surface area contributed by atoms with Crippen molar-refractivity contribution in [3.8, 4) is 0 Å². The molecule has 0 aliphatic carbocycles. The van der Waals surface area contributed by atoms with Gasteiger partial charge < -0.3 is 15.5 Å². The summed E-state index contributed by atoms with van der Waals surface area (Å²) in [5.41, 5.74) is 0.887. The van der Waals surface area contributed by atoms with Crippen LogP contribution in [-0.4, -0.2) is 42.0 Å². The molecule has 1 aliphatic heterocycles. The lowest BCUT2D eigenvalue weighted by Crippen LogP contribution is -2.50. The number of halogens is 6. The maximum Gasteiger partial charge on any atom is 0.436 e. The molecule has 1 aromatic carbocycles. The molecular formula is C21H25Cl3F3N5O. The number of rotatable bonds is 5. The molecule has 3 rings (SSSR count). The van der Waals surface area contributed by atoms with E-state index in [1.54, 1.807) is 6.07 Å². The smallest absolute Gasteiger partial charge is 0.370 e. The van der Waals surface area contributed by atoms with Gasteiger partial charge in [0.2, 0.25) is 0 Å². The minimum Gasteiger partial charge on any atom is -0.370 e. The summed E-state index contributed by atoms with van der Waals surface area (Å²) in [6.07, 6.45) is -3.25. The number of aryl methyl sites for hydroxylation is 1. The van der Waals surface area contributed by atoms with Crippen molar-refractivity contribution in [1.29, 1.82) is 0 Å². The number of hydrogen-bond donors (Lipinski definition) is 2. The quantitative estimate of drug-likeness (QED) is 0.526. The first kappa shape index (κ1) is 25.8. The average Bonchev–Trinajstić information content (AvgIpc) is 3.04. The van der Waals surface area contributed by atoms with E-state index >= 15 is 0 Å². The molecule has 1 atom stereocenters. The largest absolute Gasteiger partial charge is 0.436 e. The minimum atomic E-state index is -4.65. The van der Waals surface area contributed by atoms with E-state index in [-0.39, 0.29) is 18.2 Å². The molecule has 0 bridgehead atoms. The van der Waals surface area contributed by atoms with Crippen LogP contribution >= 0.6 is 34.8 Å². The molecule has 2 amide bonds. The summed E-state index contributed by atoms with van der Waals surface area (Å²) < 4.78 is 40.9. The second kappa shape index (κ2) is 10.2. The lowest BCUT2D eigenvalue weighted by Gasteiger charge is -2.38. The van der Waals surface area contributed by atoms with Crippen LogP contribution < -0.4 is 15.5 Å². The van der Waals surface area contributed by atoms with E-state index < -0.39 is 29.0 Å². The van der Waals surface area contributed by atoms with Crippen molar-refractivity contribution < 1.29 is 18.0 Å². The van der Waals surface area contributed by atoms with Crippen LogP contribution in [-0.2, 0) is 12.7 Å². The van der Waals surface area contributed by atoms with Gasteiger partial charge in [0.25, 0.3) is 0 Å². The van der Waals surface area contributed by atoms with Gasteiger partial charge in [0.05, 0.1) is 34.0 Å². The normalized spacial score (nSPS) is 16.1. The molecule has 12 heteroatoms. The van der Waals surface area contributed by atoms with Crippen molar-refractivity contribution >= 4 is 46.5 Å². The molecule has 1 aromatic heterocycles. The van der Waals surface area contributed by atoms with Crippen LogP contribution in [0.3, 0.4) is 0 Å². The summed E-state index contributed by atoms with van der Waals surface area (Å²) in [7, 11) is 1.48. The van der Waals surface area contributed by atoms with Crippen LogP contribution in [0, 0.1) is 19.8 Å². The molecule has 6 nitrogen and oxygen atoms in total. The number of aromatic nitrogens is 2. The number of carbonyl (C=O) groups excluding carboxylic acids is 1. The van der Waals surface area contributed by atoms with E-state index in [1.807, 2.05) is 13.0 Å². The third-order valence-electron chi connectivity index (χ3n) is 5.99. The van der Waals surface area contributed by atoms with E-state index in [9.17, 15) is 18.0 Å². The van der Waals surface area contributed by atoms with E-state index in [4.69, 9.17) is 34.8 Å². The zero-order chi connectivity index (χ0) is 24.5. The molecule has 182 valence electrons. The highest BCUT2D eigenvalue weighted by Gasteiger charge is 2.39. The summed E-state index contributed by atoms with van der Waals surface area (Å²) in [5, 5.41) is 9.79. The van der Waals surface area contributed by atoms with Gasteiger partial charge in [-0.2, -0.15) is 18.3 Å². The highest BCUT2D eigenvalue weighted by molar-refractivity contribution is 6.36. The predicted molar refractivity (Wildman–Crippen MR) is 124 cm³/mol. The number of alkyl halides is 3. The molecule has 2 heterocycles. The number of amides is 2. The predicted octanol–water partition coefficient (Wildman–Crippen LogP) is 5.69. The van der Waals surface area contributed by atoms with Gasteiger partial charge in [-0.05, 0) is 50.3 Å². The number of nitrogens with one attached hydrogen (secondary N) is 2. The van der Waals surface area contributed by atoms with E-state index in [2.05, 4.69) is 20.6 Å². The van der Waals surface area contributed by atoms with Gasteiger partial charge in [0.15, 0.2) is 5.69 Å². The molecule has 1 fully saturated rings. The molecule has 1 unspecified atom stereocenters. The number of urea groups is 1. The van der Waals surface area contributed by atoms with Crippen molar-refractivity contribution in [1.82, 2.24) is 20.4 Å². The maximum absolute atomic E-state index is 13.2. The standard InChI is InChI=1S/C21H25Cl3F3N5O/c1-11-8-17(15(23)9-14(11)22)31-6-4-13(5-7-31)16(29-20(33)28-3)10-32-12(2)18(24)19(30-32)21(25,26)27/h8-9,13,16H,4-7,10H2,1-3H3,(H2,28,29,33). The Hall–Kier alpha value is -1.84. The van der Waals surface area contributed by atoms with E-state index in [0.717, 1.165) is 11.3 Å². The molecule has 1 saturated heterocycles. The summed E-state index contributed by atoms with van der Waals surface area (Å²) in [5.74, 6) is 0.0161. The van der Waals surface area contributed by atoms with Gasteiger partial charge in [-0.1, -0.05) is 34.8 Å². The van der Waals surface area contributed by atoms with Crippen LogP contribution in [0.15, 0.2) is 12.1 Å². The lowest BCUT2D eigenvalue weighted by molar-refractivity contribution is -0.141. The SMILES string of the molecule is CNC(=O)NC(Cn1nc(C(F)(F)F)c(Cl)c1C)C1CCN(c2cc(C)c(Cl)cc2Cl)CC1. The third kappa shape index (κ3) is 5.81. The molecule has 2 aromatic rings. The molecule has 33 heavy (non-hydrogen) atoms. The second-order valence-corrected chi connectivity index (χ2v) is 9.33. The Morgan fingerprint density at radius 1 is 1.18 bits per heavy atom. The highest BCUT2D eigenvalue weighted by atomic mass is 35.5. The Kier molecular flexibility index (Phi) is 7.96. The first-order valence-corrected chi connectivity index (χ1v) is 11.5. The topological polar surface area (TPSA) is 62.2 Å². The van der Waals surface area contributed by atoms with Gasteiger partial charge >= 0.3 is 12.2 Å². The summed E-state index contributed by atoms with van der Waals surface area (Å²) >= 11 is 18.4. The van der Waals surface area contributed by atoms with Crippen LogP contribution in [0.25, 0.3) is 0 Å². The number of anilines is 1. The van der Waals surface area contributed by atoms with Crippen LogP contribution in [0.4, 0.5) is 23.7 Å². The Balaban J connectivity index is 1.78. The minimum absolute atomic E-state index is 0.0161. The first-order chi connectivity index (χ1) is 15.4. The molecule has 0 saturated carbocycles. The lowest BCUT2D eigenvalue weighted by atomic mass is 9.89. The Morgan fingerprint density at radius 2 is 1.82 bits per heavy atom. The van der Waals surface area contributed by atoms with Gasteiger partial charge in [0, 0.05) is 25.2 Å². The Labute approximate surface area is 205 Å². The summed E-state index contributed by atoms with van der Waals surface area (Å²) in [4.78, 5) is 14.2. The summed E-state index contributed by atoms with van der Waals surface area (Å²) in [6, 6.07) is 2.81. The molecule has 0 radical (unpaired) electrons. The fourth-order valence-corrected chi connectivity index (χ4v) is 4.79. The van der Waals surface area contributed by atoms with Gasteiger partial charge in [-0.25, -0.2) is 4.79 Å². The van der Waals surface area contributed by atoms with E-state index in [1.165, 1.54) is 18.7 Å². The average molecular weight is 527 g/mol. The van der Waals surface area contributed by atoms with Crippen molar-refractivity contribution in [3.63, 3.8) is 0 Å². The number of carbonyl (C=O) groups is 1. The van der Waals surface area contributed by atoms with Gasteiger partial charge in [-0.3, -0.25) is 4.68 Å². The van der Waals surface area contributed by atoms with E-state index in [0.29, 0.717) is 36.0 Å². The Morgan fingerprint density at radius 3 is 2.36 bits per heavy atom. The van der Waals surface area contributed by atoms with Crippen molar-refractivity contribution in [2.45, 2.75) is 45.5 Å². The maximum atomic E-state index is 13.2. The molecule has 1 aliphatic rings. The first-order valence-electron chi connectivity index (χ1n) is 10.4. The molecule has 0 spiro atoms. The van der Waals surface area contributed by atoms with Crippen molar-refractivity contribution in [2.24, 2.45) is 5.92 Å². The van der Waals surface area contributed by atoms with Crippen LogP contribution in [0.5, 0.6) is 0 Å². The zero-order valence-electron chi connectivity index (χ0n) is 18.4. The van der Waals surface area contributed by atoms with Crippen molar-refractivity contribution in [3.05, 3.63) is 44.2 Å². The molecular weight excluding hydrogens is 502 g/mol. The van der Waals surface area contributed by atoms with Crippen molar-refractivity contribution in [2.75, 3.05) is 25.0 Å². The summed E-state index contributed by atoms with van der Waals surface area (Å²) in [6.45, 7) is 4.80. The number of benzene rings is 1. The fraction of sp³-hybridized carbons (Fsp3) is 0.524. The third-order valence-corrected chi connectivity index (χ3v) is 7.15.